The minimum absolute atomic E-state index is 0.127. The first-order valence-corrected chi connectivity index (χ1v) is 7.28. The first kappa shape index (κ1) is 14.8. The van der Waals surface area contributed by atoms with Crippen LogP contribution in [0.1, 0.15) is 48.5 Å². The topological polar surface area (TPSA) is 26.3 Å². The molecule has 0 radical (unpaired) electrons. The second kappa shape index (κ2) is 6.69. The fourth-order valence-corrected chi connectivity index (χ4v) is 2.14. The Morgan fingerprint density at radius 3 is 2.85 bits per heavy atom. The van der Waals surface area contributed by atoms with Crippen molar-refractivity contribution in [3.8, 4) is 5.75 Å². The van der Waals surface area contributed by atoms with Crippen LogP contribution in [-0.2, 0) is 6.42 Å². The third-order valence-corrected chi connectivity index (χ3v) is 3.60. The Bertz CT molecular complexity index is 504. The number of unbranched alkanes of at least 4 members (excludes halogenated alkanes) is 1. The highest BCUT2D eigenvalue weighted by Gasteiger charge is 2.24. The molecule has 1 aliphatic rings. The van der Waals surface area contributed by atoms with Gasteiger partial charge in [0.25, 0.3) is 0 Å². The quantitative estimate of drug-likeness (QED) is 0.522. The molecule has 0 heterocycles. The van der Waals surface area contributed by atoms with E-state index in [-0.39, 0.29) is 17.1 Å². The fourth-order valence-electron chi connectivity index (χ4n) is 2.14. The van der Waals surface area contributed by atoms with E-state index in [9.17, 15) is 9.18 Å². The number of allylic oxidation sites excluding steroid dienone is 1. The third-order valence-electron chi connectivity index (χ3n) is 3.60. The van der Waals surface area contributed by atoms with E-state index in [0.29, 0.717) is 18.9 Å². The van der Waals surface area contributed by atoms with Crippen LogP contribution in [0.4, 0.5) is 4.39 Å². The molecule has 108 valence electrons. The van der Waals surface area contributed by atoms with Gasteiger partial charge in [0.2, 0.25) is 0 Å². The summed E-state index contributed by atoms with van der Waals surface area (Å²) in [5, 5.41) is 0. The normalized spacial score (nSPS) is 14.1. The van der Waals surface area contributed by atoms with E-state index in [1.54, 1.807) is 12.1 Å². The largest absolute Gasteiger partial charge is 0.490 e. The molecule has 20 heavy (non-hydrogen) atoms. The number of hydrogen-bond donors (Lipinski definition) is 0. The molecule has 0 amide bonds. The van der Waals surface area contributed by atoms with E-state index in [1.807, 2.05) is 0 Å². The van der Waals surface area contributed by atoms with Crippen LogP contribution in [0.3, 0.4) is 0 Å². The summed E-state index contributed by atoms with van der Waals surface area (Å²) in [6, 6.07) is 3.44. The first-order chi connectivity index (χ1) is 9.67. The van der Waals surface area contributed by atoms with E-state index in [1.165, 1.54) is 6.08 Å². The second-order valence-corrected chi connectivity index (χ2v) is 5.34. The zero-order valence-corrected chi connectivity index (χ0v) is 12.0. The van der Waals surface area contributed by atoms with Crippen molar-refractivity contribution in [3.63, 3.8) is 0 Å². The van der Waals surface area contributed by atoms with Crippen LogP contribution in [0.5, 0.6) is 5.75 Å². The molecule has 0 saturated heterocycles. The van der Waals surface area contributed by atoms with Crippen LogP contribution >= 0.6 is 0 Å². The molecule has 2 rings (SSSR count). The molecule has 1 fully saturated rings. The summed E-state index contributed by atoms with van der Waals surface area (Å²) < 4.78 is 20.0. The van der Waals surface area contributed by atoms with Gasteiger partial charge in [0.05, 0.1) is 12.2 Å². The Morgan fingerprint density at radius 2 is 2.25 bits per heavy atom. The van der Waals surface area contributed by atoms with Crippen LogP contribution in [0.15, 0.2) is 24.8 Å². The number of benzene rings is 1. The Morgan fingerprint density at radius 1 is 1.50 bits per heavy atom. The van der Waals surface area contributed by atoms with Crippen molar-refractivity contribution >= 4 is 5.78 Å². The predicted molar refractivity (Wildman–Crippen MR) is 77.8 cm³/mol. The monoisotopic (exact) mass is 276 g/mol. The van der Waals surface area contributed by atoms with Crippen molar-refractivity contribution in [3.05, 3.63) is 41.7 Å². The van der Waals surface area contributed by atoms with Gasteiger partial charge in [-0.05, 0) is 49.3 Å². The molecule has 0 atom stereocenters. The van der Waals surface area contributed by atoms with Gasteiger partial charge in [-0.2, -0.15) is 0 Å². The lowest BCUT2D eigenvalue weighted by molar-refractivity contribution is 0.104. The van der Waals surface area contributed by atoms with Gasteiger partial charge in [-0.25, -0.2) is 4.39 Å². The SMILES string of the molecule is C=CC(=O)c1c(CCCC)ccc(OCC2CC2)c1F. The highest BCUT2D eigenvalue weighted by molar-refractivity contribution is 6.05. The summed E-state index contributed by atoms with van der Waals surface area (Å²) in [5.74, 6) is -0.176. The summed E-state index contributed by atoms with van der Waals surface area (Å²) in [4.78, 5) is 11.9. The van der Waals surface area contributed by atoms with Crippen LogP contribution in [-0.4, -0.2) is 12.4 Å². The molecular weight excluding hydrogens is 255 g/mol. The Labute approximate surface area is 119 Å². The molecule has 0 bridgehead atoms. The molecule has 0 aromatic heterocycles. The Balaban J connectivity index is 2.26. The minimum Gasteiger partial charge on any atom is -0.490 e. The highest BCUT2D eigenvalue weighted by atomic mass is 19.1. The van der Waals surface area contributed by atoms with E-state index in [2.05, 4.69) is 13.5 Å². The van der Waals surface area contributed by atoms with Gasteiger partial charge in [-0.1, -0.05) is 26.0 Å². The van der Waals surface area contributed by atoms with Gasteiger partial charge in [0.15, 0.2) is 17.3 Å². The van der Waals surface area contributed by atoms with E-state index in [4.69, 9.17) is 4.74 Å². The van der Waals surface area contributed by atoms with Crippen molar-refractivity contribution in [2.75, 3.05) is 6.61 Å². The lowest BCUT2D eigenvalue weighted by atomic mass is 9.98. The molecule has 1 saturated carbocycles. The summed E-state index contributed by atoms with van der Waals surface area (Å²) in [6.07, 6.45) is 6.09. The number of ketones is 1. The number of ether oxygens (including phenoxy) is 1. The van der Waals surface area contributed by atoms with Crippen LogP contribution in [0.2, 0.25) is 0 Å². The summed E-state index contributed by atoms with van der Waals surface area (Å²) in [7, 11) is 0. The maximum absolute atomic E-state index is 14.5. The van der Waals surface area contributed by atoms with Crippen LogP contribution in [0.25, 0.3) is 0 Å². The predicted octanol–water partition coefficient (Wildman–Crippen LogP) is 4.33. The van der Waals surface area contributed by atoms with Gasteiger partial charge in [0.1, 0.15) is 0 Å². The smallest absolute Gasteiger partial charge is 0.188 e. The van der Waals surface area contributed by atoms with E-state index < -0.39 is 5.82 Å². The first-order valence-electron chi connectivity index (χ1n) is 7.28. The van der Waals surface area contributed by atoms with Gasteiger partial charge in [0, 0.05) is 0 Å². The fraction of sp³-hybridized carbons (Fsp3) is 0.471. The molecule has 1 aliphatic carbocycles. The van der Waals surface area contributed by atoms with Gasteiger partial charge in [-0.15, -0.1) is 0 Å². The highest BCUT2D eigenvalue weighted by Crippen LogP contribution is 2.31. The van der Waals surface area contributed by atoms with Crippen molar-refractivity contribution in [2.45, 2.75) is 39.0 Å². The molecule has 1 aromatic rings. The lowest BCUT2D eigenvalue weighted by Gasteiger charge is -2.13. The van der Waals surface area contributed by atoms with Gasteiger partial charge in [-0.3, -0.25) is 4.79 Å². The maximum Gasteiger partial charge on any atom is 0.188 e. The minimum atomic E-state index is -0.538. The molecule has 0 spiro atoms. The van der Waals surface area contributed by atoms with Crippen molar-refractivity contribution in [1.29, 1.82) is 0 Å². The molecule has 0 unspecified atom stereocenters. The number of carbonyl (C=O) groups is 1. The zero-order chi connectivity index (χ0) is 14.5. The number of aryl methyl sites for hydroxylation is 1. The molecule has 1 aromatic carbocycles. The average molecular weight is 276 g/mol. The zero-order valence-electron chi connectivity index (χ0n) is 12.0. The third kappa shape index (κ3) is 3.47. The summed E-state index contributed by atoms with van der Waals surface area (Å²) >= 11 is 0. The van der Waals surface area contributed by atoms with Gasteiger partial charge < -0.3 is 4.74 Å². The second-order valence-electron chi connectivity index (χ2n) is 5.34. The average Bonchev–Trinajstić information content (AvgIpc) is 3.27. The number of hydrogen-bond acceptors (Lipinski definition) is 2. The van der Waals surface area contributed by atoms with Crippen LogP contribution < -0.4 is 4.74 Å². The molecule has 0 aliphatic heterocycles. The van der Waals surface area contributed by atoms with Gasteiger partial charge >= 0.3 is 0 Å². The number of rotatable bonds is 8. The Hall–Kier alpha value is -1.64. The molecular formula is C17H21FO2. The van der Waals surface area contributed by atoms with E-state index in [0.717, 1.165) is 31.2 Å². The number of carbonyl (C=O) groups excluding carboxylic acids is 1. The molecule has 0 N–H and O–H groups in total. The van der Waals surface area contributed by atoms with Crippen molar-refractivity contribution in [1.82, 2.24) is 0 Å². The maximum atomic E-state index is 14.5. The number of halogens is 1. The van der Waals surface area contributed by atoms with Crippen molar-refractivity contribution < 1.29 is 13.9 Å². The van der Waals surface area contributed by atoms with E-state index >= 15 is 0 Å². The van der Waals surface area contributed by atoms with Crippen molar-refractivity contribution in [2.24, 2.45) is 5.92 Å². The molecule has 2 nitrogen and oxygen atoms in total. The Kier molecular flexibility index (Phi) is 4.94. The van der Waals surface area contributed by atoms with Crippen LogP contribution in [0, 0.1) is 11.7 Å². The summed E-state index contributed by atoms with van der Waals surface area (Å²) in [6.45, 7) is 6.06. The molecule has 3 heteroatoms. The lowest BCUT2D eigenvalue weighted by Crippen LogP contribution is -2.08. The standard InChI is InChI=1S/C17H21FO2/c1-3-5-6-13-9-10-15(20-11-12-7-8-12)17(18)16(13)14(19)4-2/h4,9-10,12H,2-3,5-8,11H2,1H3. The summed E-state index contributed by atoms with van der Waals surface area (Å²) in [5.41, 5.74) is 0.870.